The summed E-state index contributed by atoms with van der Waals surface area (Å²) >= 11 is 5.99. The Hall–Kier alpha value is -3.04. The molecule has 2 N–H and O–H groups in total. The molecule has 6 nitrogen and oxygen atoms in total. The van der Waals surface area contributed by atoms with E-state index >= 15 is 0 Å². The number of carbonyl (C=O) groups is 1. The van der Waals surface area contributed by atoms with Crippen LogP contribution in [-0.2, 0) is 19.6 Å². The zero-order valence-electron chi connectivity index (χ0n) is 17.5. The van der Waals surface area contributed by atoms with Gasteiger partial charge in [-0.05, 0) is 54.8 Å². The smallest absolute Gasteiger partial charge is 0.436 e. The number of aryl methyl sites for hydroxylation is 2. The maximum Gasteiger partial charge on any atom is 0.436 e. The summed E-state index contributed by atoms with van der Waals surface area (Å²) in [5.41, 5.74) is 3.87. The summed E-state index contributed by atoms with van der Waals surface area (Å²) in [5.74, 6) is -1.49. The topological polar surface area (TPSA) is 76.4 Å². The number of benzene rings is 2. The predicted molar refractivity (Wildman–Crippen MR) is 113 cm³/mol. The molecule has 10 heteroatoms. The van der Waals surface area contributed by atoms with Crippen LogP contribution in [0.2, 0.25) is 5.02 Å². The second kappa shape index (κ2) is 9.22. The molecule has 1 heterocycles. The Morgan fingerprint density at radius 2 is 2.00 bits per heavy atom. The molecule has 1 aromatic heterocycles. The lowest BCUT2D eigenvalue weighted by Crippen LogP contribution is -2.25. The average molecular weight is 468 g/mol. The number of carboxylic acids is 1. The molecule has 0 bridgehead atoms. The highest BCUT2D eigenvalue weighted by molar-refractivity contribution is 6.30. The maximum absolute atomic E-state index is 13.7. The first-order valence-corrected chi connectivity index (χ1v) is 9.99. The van der Waals surface area contributed by atoms with Gasteiger partial charge in [-0.15, -0.1) is 5.48 Å². The van der Waals surface area contributed by atoms with E-state index in [1.165, 1.54) is 19.2 Å². The molecule has 0 aliphatic rings. The fraction of sp³-hybridized carbons (Fsp3) is 0.273. The van der Waals surface area contributed by atoms with Crippen LogP contribution in [0.3, 0.4) is 0 Å². The average Bonchev–Trinajstić information content (AvgIpc) is 3.01. The number of aromatic carboxylic acids is 1. The van der Waals surface area contributed by atoms with Crippen molar-refractivity contribution in [1.29, 1.82) is 0 Å². The number of alkyl halides is 3. The van der Waals surface area contributed by atoms with Gasteiger partial charge in [0.25, 0.3) is 0 Å². The number of hydroxylamine groups is 1. The predicted octanol–water partition coefficient (Wildman–Crippen LogP) is 5.33. The molecule has 0 radical (unpaired) electrons. The monoisotopic (exact) mass is 467 g/mol. The van der Waals surface area contributed by atoms with Crippen LogP contribution in [0.15, 0.2) is 42.5 Å². The fourth-order valence-electron chi connectivity index (χ4n) is 3.44. The highest BCUT2D eigenvalue weighted by atomic mass is 35.5. The van der Waals surface area contributed by atoms with E-state index in [-0.39, 0.29) is 17.7 Å². The van der Waals surface area contributed by atoms with E-state index in [0.29, 0.717) is 21.7 Å². The first-order valence-electron chi connectivity index (χ1n) is 9.61. The number of aromatic nitrogens is 2. The number of hydrogen-bond donors (Lipinski definition) is 2. The van der Waals surface area contributed by atoms with Gasteiger partial charge in [-0.2, -0.15) is 18.3 Å². The van der Waals surface area contributed by atoms with Gasteiger partial charge in [-0.3, -0.25) is 4.68 Å². The fourth-order valence-corrected chi connectivity index (χ4v) is 3.65. The second-order valence-corrected chi connectivity index (χ2v) is 7.81. The Morgan fingerprint density at radius 3 is 2.59 bits per heavy atom. The number of carboxylic acid groups (broad SMARTS) is 1. The molecule has 0 spiro atoms. The van der Waals surface area contributed by atoms with E-state index in [0.717, 1.165) is 4.68 Å². The minimum absolute atomic E-state index is 0.0855. The zero-order valence-corrected chi connectivity index (χ0v) is 18.3. The van der Waals surface area contributed by atoms with Gasteiger partial charge in [-0.1, -0.05) is 29.8 Å². The largest absolute Gasteiger partial charge is 0.478 e. The zero-order chi connectivity index (χ0) is 23.6. The summed E-state index contributed by atoms with van der Waals surface area (Å²) in [5, 5.41) is 13.6. The normalized spacial score (nSPS) is 12.6. The van der Waals surface area contributed by atoms with Gasteiger partial charge in [0.2, 0.25) is 5.75 Å². The van der Waals surface area contributed by atoms with Crippen molar-refractivity contribution in [1.82, 2.24) is 15.3 Å². The summed E-state index contributed by atoms with van der Waals surface area (Å²) in [7, 11) is 1.20. The van der Waals surface area contributed by atoms with Crippen molar-refractivity contribution >= 4 is 17.6 Å². The number of rotatable bonds is 7. The Morgan fingerprint density at radius 1 is 1.28 bits per heavy atom. The van der Waals surface area contributed by atoms with Crippen LogP contribution in [0.1, 0.15) is 51.4 Å². The van der Waals surface area contributed by atoms with E-state index in [4.69, 9.17) is 21.5 Å². The molecule has 0 aliphatic carbocycles. The standard InChI is InChI=1S/C22H21ClF3N3O3/c1-12-9-15(21(30)31)7-8-17(12)13(2)28-32-19-18(11-14-5-4-6-16(23)10-14)27-29(3)20(19)22(24,25)26/h4-10,13,28H,11H2,1-3H3,(H,30,31)/t13-/m0/s1. The van der Waals surface area contributed by atoms with Gasteiger partial charge >= 0.3 is 12.1 Å². The molecule has 3 rings (SSSR count). The molecule has 0 fully saturated rings. The van der Waals surface area contributed by atoms with E-state index in [1.54, 1.807) is 44.2 Å². The number of hydrogen-bond acceptors (Lipinski definition) is 4. The van der Waals surface area contributed by atoms with Crippen molar-refractivity contribution in [2.75, 3.05) is 0 Å². The van der Waals surface area contributed by atoms with Crippen LogP contribution >= 0.6 is 11.6 Å². The van der Waals surface area contributed by atoms with Crippen LogP contribution in [0.5, 0.6) is 5.75 Å². The number of halogens is 4. The molecule has 32 heavy (non-hydrogen) atoms. The summed E-state index contributed by atoms with van der Waals surface area (Å²) in [6, 6.07) is 10.7. The van der Waals surface area contributed by atoms with Crippen molar-refractivity contribution < 1.29 is 27.9 Å². The van der Waals surface area contributed by atoms with Gasteiger partial charge in [0.05, 0.1) is 11.6 Å². The van der Waals surface area contributed by atoms with Crippen molar-refractivity contribution in [3.8, 4) is 5.75 Å². The highest BCUT2D eigenvalue weighted by Gasteiger charge is 2.41. The Kier molecular flexibility index (Phi) is 6.80. The molecule has 0 amide bonds. The third-order valence-electron chi connectivity index (χ3n) is 4.92. The van der Waals surface area contributed by atoms with Crippen molar-refractivity contribution in [3.05, 3.63) is 81.1 Å². The first-order chi connectivity index (χ1) is 15.0. The summed E-state index contributed by atoms with van der Waals surface area (Å²) in [4.78, 5) is 16.6. The molecule has 170 valence electrons. The molecule has 0 saturated heterocycles. The Bertz CT molecular complexity index is 1150. The molecule has 0 unspecified atom stereocenters. The molecular weight excluding hydrogens is 447 g/mol. The van der Waals surface area contributed by atoms with E-state index in [2.05, 4.69) is 10.6 Å². The molecule has 0 aliphatic heterocycles. The van der Waals surface area contributed by atoms with Gasteiger partial charge in [0, 0.05) is 18.5 Å². The van der Waals surface area contributed by atoms with Crippen LogP contribution in [0.4, 0.5) is 13.2 Å². The Balaban J connectivity index is 1.89. The Labute approximate surface area is 187 Å². The quantitative estimate of drug-likeness (QED) is 0.459. The summed E-state index contributed by atoms with van der Waals surface area (Å²) in [6.07, 6.45) is -4.60. The first kappa shape index (κ1) is 23.6. The van der Waals surface area contributed by atoms with Crippen molar-refractivity contribution in [3.63, 3.8) is 0 Å². The highest BCUT2D eigenvalue weighted by Crippen LogP contribution is 2.39. The van der Waals surface area contributed by atoms with Crippen molar-refractivity contribution in [2.24, 2.45) is 7.05 Å². The lowest BCUT2D eigenvalue weighted by molar-refractivity contribution is -0.145. The molecule has 3 aromatic rings. The molecule has 2 aromatic carbocycles. The van der Waals surface area contributed by atoms with Gasteiger partial charge in [0.15, 0.2) is 5.69 Å². The van der Waals surface area contributed by atoms with Gasteiger partial charge < -0.3 is 9.94 Å². The number of nitrogens with zero attached hydrogens (tertiary/aromatic N) is 2. The lowest BCUT2D eigenvalue weighted by Gasteiger charge is -2.18. The van der Waals surface area contributed by atoms with Crippen LogP contribution in [0.25, 0.3) is 0 Å². The van der Waals surface area contributed by atoms with E-state index < -0.39 is 29.6 Å². The van der Waals surface area contributed by atoms with E-state index in [1.807, 2.05) is 0 Å². The van der Waals surface area contributed by atoms with Gasteiger partial charge in [0.1, 0.15) is 5.69 Å². The minimum Gasteiger partial charge on any atom is -0.478 e. The summed E-state index contributed by atoms with van der Waals surface area (Å²) in [6.45, 7) is 3.42. The summed E-state index contributed by atoms with van der Waals surface area (Å²) < 4.78 is 41.9. The lowest BCUT2D eigenvalue weighted by atomic mass is 10.0. The number of nitrogens with one attached hydrogen (secondary N) is 1. The molecule has 0 saturated carbocycles. The third kappa shape index (κ3) is 5.23. The van der Waals surface area contributed by atoms with Crippen LogP contribution in [-0.4, -0.2) is 20.9 Å². The second-order valence-electron chi connectivity index (χ2n) is 7.37. The van der Waals surface area contributed by atoms with Crippen LogP contribution < -0.4 is 10.3 Å². The maximum atomic E-state index is 13.7. The molecule has 1 atom stereocenters. The van der Waals surface area contributed by atoms with Gasteiger partial charge in [-0.25, -0.2) is 4.79 Å². The van der Waals surface area contributed by atoms with E-state index in [9.17, 15) is 18.0 Å². The van der Waals surface area contributed by atoms with Crippen molar-refractivity contribution in [2.45, 2.75) is 32.5 Å². The van der Waals surface area contributed by atoms with Crippen LogP contribution in [0, 0.1) is 6.92 Å². The third-order valence-corrected chi connectivity index (χ3v) is 5.16. The minimum atomic E-state index is -4.69. The SMILES string of the molecule is Cc1cc(C(=O)O)ccc1[C@H](C)NOc1c(Cc2cccc(Cl)c2)nn(C)c1C(F)(F)F. The molecular formula is C22H21ClF3N3O3.